The minimum Gasteiger partial charge on any atom is -0.259 e. The summed E-state index contributed by atoms with van der Waals surface area (Å²) in [4.78, 5) is 1.13. The SMILES string of the molecule is C=C=N.CC.CC.CC.CCc1ccc(SC2(c3cc(F)ccc3F)CCC(C)CC2)cc1. The van der Waals surface area contributed by atoms with E-state index in [4.69, 9.17) is 5.41 Å². The molecular weight excluding hydrogens is 432 g/mol. The molecule has 2 aromatic carbocycles. The van der Waals surface area contributed by atoms with Crippen LogP contribution in [-0.4, -0.2) is 5.87 Å². The molecule has 33 heavy (non-hydrogen) atoms. The van der Waals surface area contributed by atoms with Crippen molar-refractivity contribution in [2.24, 2.45) is 5.92 Å². The van der Waals surface area contributed by atoms with E-state index in [0.29, 0.717) is 11.5 Å². The molecule has 3 rings (SSSR count). The Morgan fingerprint density at radius 3 is 1.91 bits per heavy atom. The molecule has 0 spiro atoms. The molecule has 0 amide bonds. The summed E-state index contributed by atoms with van der Waals surface area (Å²) in [6.07, 6.45) is 4.88. The second kappa shape index (κ2) is 19.6. The average molecular weight is 478 g/mol. The van der Waals surface area contributed by atoms with Crippen molar-refractivity contribution in [1.82, 2.24) is 0 Å². The third-order valence-electron chi connectivity index (χ3n) is 5.15. The molecule has 1 fully saturated rings. The summed E-state index contributed by atoms with van der Waals surface area (Å²) in [5.74, 6) is 1.76. The van der Waals surface area contributed by atoms with Crippen molar-refractivity contribution in [3.63, 3.8) is 0 Å². The molecule has 1 nitrogen and oxygen atoms in total. The van der Waals surface area contributed by atoms with Crippen molar-refractivity contribution < 1.29 is 8.78 Å². The van der Waals surface area contributed by atoms with Gasteiger partial charge in [0.1, 0.15) is 11.6 Å². The first-order valence-electron chi connectivity index (χ1n) is 12.4. The lowest BCUT2D eigenvalue weighted by Crippen LogP contribution is -2.29. The number of thioether (sulfide) groups is 1. The van der Waals surface area contributed by atoms with E-state index in [9.17, 15) is 8.78 Å². The Morgan fingerprint density at radius 1 is 0.970 bits per heavy atom. The maximum Gasteiger partial charge on any atom is 0.128 e. The lowest BCUT2D eigenvalue weighted by molar-refractivity contribution is 0.316. The molecule has 0 heterocycles. The maximum absolute atomic E-state index is 14.5. The van der Waals surface area contributed by atoms with E-state index < -0.39 is 0 Å². The van der Waals surface area contributed by atoms with Crippen LogP contribution in [0.3, 0.4) is 0 Å². The third-order valence-corrected chi connectivity index (χ3v) is 6.67. The van der Waals surface area contributed by atoms with E-state index in [1.165, 1.54) is 23.8 Å². The molecule has 1 aliphatic rings. The fourth-order valence-electron chi connectivity index (χ4n) is 3.52. The summed E-state index contributed by atoms with van der Waals surface area (Å²) in [6.45, 7) is 19.3. The molecule has 0 saturated heterocycles. The van der Waals surface area contributed by atoms with Crippen LogP contribution in [0.15, 0.2) is 53.9 Å². The van der Waals surface area contributed by atoms with E-state index in [2.05, 4.69) is 44.7 Å². The Balaban J connectivity index is 0. The van der Waals surface area contributed by atoms with E-state index in [-0.39, 0.29) is 16.4 Å². The van der Waals surface area contributed by atoms with Gasteiger partial charge in [0.2, 0.25) is 0 Å². The first-order valence-corrected chi connectivity index (χ1v) is 13.2. The summed E-state index contributed by atoms with van der Waals surface area (Å²) in [7, 11) is 0. The number of rotatable bonds is 4. The van der Waals surface area contributed by atoms with Gasteiger partial charge in [-0.3, -0.25) is 5.41 Å². The van der Waals surface area contributed by atoms with Gasteiger partial charge in [0.05, 0.1) is 0 Å². The maximum atomic E-state index is 14.5. The van der Waals surface area contributed by atoms with Crippen molar-refractivity contribution in [3.05, 3.63) is 71.8 Å². The molecule has 186 valence electrons. The lowest BCUT2D eigenvalue weighted by Gasteiger charge is -2.39. The van der Waals surface area contributed by atoms with Gasteiger partial charge in [0.15, 0.2) is 0 Å². The van der Waals surface area contributed by atoms with Gasteiger partial charge in [-0.25, -0.2) is 8.78 Å². The Bertz CT molecular complexity index is 773. The van der Waals surface area contributed by atoms with Crippen LogP contribution in [0.5, 0.6) is 0 Å². The fraction of sp³-hybridized carbons (Fsp3) is 0.517. The third kappa shape index (κ3) is 11.2. The largest absolute Gasteiger partial charge is 0.259 e. The van der Waals surface area contributed by atoms with Gasteiger partial charge in [0.25, 0.3) is 0 Å². The number of halogens is 2. The van der Waals surface area contributed by atoms with Gasteiger partial charge in [-0.05, 0) is 86.4 Å². The second-order valence-electron chi connectivity index (χ2n) is 7.08. The molecule has 0 atom stereocenters. The molecule has 1 aliphatic carbocycles. The minimum absolute atomic E-state index is 0.288. The number of nitrogens with one attached hydrogen (secondary N) is 1. The first kappa shape index (κ1) is 33.3. The highest BCUT2D eigenvalue weighted by Gasteiger charge is 2.39. The average Bonchev–Trinajstić information content (AvgIpc) is 2.87. The van der Waals surface area contributed by atoms with Crippen molar-refractivity contribution in [2.45, 2.75) is 97.1 Å². The quantitative estimate of drug-likeness (QED) is 0.435. The number of hydrogen-bond acceptors (Lipinski definition) is 2. The van der Waals surface area contributed by atoms with Crippen LogP contribution in [0, 0.1) is 23.0 Å². The molecule has 4 heteroatoms. The standard InChI is InChI=1S/C21H24F2S.C2H3N.3C2H6/c1-3-16-4-7-18(8-5-16)24-21(12-10-15(2)11-13-21)19-14-17(22)6-9-20(19)23;1-2-3;3*1-2/h4-9,14-15H,3,10-13H2,1-2H3;3H,1H2;3*1-2H3. The zero-order valence-corrected chi connectivity index (χ0v) is 22.8. The number of benzene rings is 2. The highest BCUT2D eigenvalue weighted by atomic mass is 32.2. The van der Waals surface area contributed by atoms with Crippen LogP contribution in [0.25, 0.3) is 0 Å². The summed E-state index contributed by atoms with van der Waals surface area (Å²) in [5.41, 5.74) is 1.82. The second-order valence-corrected chi connectivity index (χ2v) is 8.53. The normalized spacial score (nSPS) is 18.3. The van der Waals surface area contributed by atoms with Gasteiger partial charge in [0, 0.05) is 15.2 Å². The van der Waals surface area contributed by atoms with Crippen LogP contribution >= 0.6 is 11.8 Å². The predicted octanol–water partition coefficient (Wildman–Crippen LogP) is 10.2. The first-order chi connectivity index (χ1) is 15.9. The zero-order chi connectivity index (χ0) is 25.9. The van der Waals surface area contributed by atoms with Gasteiger partial charge < -0.3 is 0 Å². The molecule has 1 saturated carbocycles. The van der Waals surface area contributed by atoms with Gasteiger partial charge >= 0.3 is 0 Å². The Morgan fingerprint density at radius 2 is 1.45 bits per heavy atom. The van der Waals surface area contributed by atoms with Gasteiger partial charge in [-0.1, -0.05) is 67.5 Å². The molecule has 1 N–H and O–H groups in total. The van der Waals surface area contributed by atoms with Crippen LogP contribution in [0.4, 0.5) is 8.78 Å². The van der Waals surface area contributed by atoms with Crippen LogP contribution < -0.4 is 0 Å². The van der Waals surface area contributed by atoms with Crippen LogP contribution in [0.1, 0.15) is 92.2 Å². The predicted molar refractivity (Wildman–Crippen MR) is 145 cm³/mol. The minimum atomic E-state index is -0.369. The van der Waals surface area contributed by atoms with E-state index in [0.717, 1.165) is 37.0 Å². The summed E-state index contributed by atoms with van der Waals surface area (Å²) < 4.78 is 28.0. The molecule has 0 unspecified atom stereocenters. The Hall–Kier alpha value is -1.90. The molecule has 2 aromatic rings. The fourth-order valence-corrected chi connectivity index (χ4v) is 4.95. The molecule has 0 aliphatic heterocycles. The van der Waals surface area contributed by atoms with E-state index in [1.807, 2.05) is 41.5 Å². The summed E-state index contributed by atoms with van der Waals surface area (Å²) in [5, 5.41) is 5.85. The van der Waals surface area contributed by atoms with Crippen LogP contribution in [-0.2, 0) is 11.2 Å². The van der Waals surface area contributed by atoms with E-state index >= 15 is 0 Å². The van der Waals surface area contributed by atoms with Crippen molar-refractivity contribution >= 4 is 17.6 Å². The van der Waals surface area contributed by atoms with Crippen molar-refractivity contribution in [1.29, 1.82) is 5.41 Å². The lowest BCUT2D eigenvalue weighted by atomic mass is 9.78. The number of hydrogen-bond donors (Lipinski definition) is 1. The molecule has 0 radical (unpaired) electrons. The highest BCUT2D eigenvalue weighted by molar-refractivity contribution is 8.00. The molecular formula is C29H45F2NS. The van der Waals surface area contributed by atoms with Crippen molar-refractivity contribution in [2.75, 3.05) is 0 Å². The Kier molecular flexibility index (Phi) is 19.7. The van der Waals surface area contributed by atoms with Gasteiger partial charge in [-0.2, -0.15) is 0 Å². The smallest absolute Gasteiger partial charge is 0.128 e. The molecule has 0 aromatic heterocycles. The monoisotopic (exact) mass is 477 g/mol. The van der Waals surface area contributed by atoms with Gasteiger partial charge in [-0.15, -0.1) is 11.8 Å². The summed E-state index contributed by atoms with van der Waals surface area (Å²) in [6, 6.07) is 12.4. The van der Waals surface area contributed by atoms with Crippen molar-refractivity contribution in [3.8, 4) is 0 Å². The zero-order valence-electron chi connectivity index (χ0n) is 22.0. The Labute approximate surface area is 206 Å². The number of aryl methyl sites for hydroxylation is 1. The topological polar surface area (TPSA) is 23.9 Å². The molecule has 0 bridgehead atoms. The van der Waals surface area contributed by atoms with E-state index in [1.54, 1.807) is 17.6 Å². The summed E-state index contributed by atoms with van der Waals surface area (Å²) >= 11 is 1.70. The highest BCUT2D eigenvalue weighted by Crippen LogP contribution is 2.53. The van der Waals surface area contributed by atoms with Crippen LogP contribution in [0.2, 0.25) is 0 Å².